The number of nitrogens with one attached hydrogen (secondary N) is 2. The molecule has 0 aliphatic carbocycles. The number of hydrogen-bond acceptors (Lipinski definition) is 3. The topological polar surface area (TPSA) is 78.4 Å². The van der Waals surface area contributed by atoms with Crippen LogP contribution in [0.25, 0.3) is 0 Å². The van der Waals surface area contributed by atoms with Crippen molar-refractivity contribution >= 4 is 17.5 Å². The first-order valence-corrected chi connectivity index (χ1v) is 6.35. The molecule has 1 saturated heterocycles. The van der Waals surface area contributed by atoms with E-state index in [0.29, 0.717) is 30.6 Å². The van der Waals surface area contributed by atoms with Gasteiger partial charge in [0, 0.05) is 24.2 Å². The Labute approximate surface area is 112 Å². The minimum atomic E-state index is -0.208. The van der Waals surface area contributed by atoms with E-state index in [0.717, 1.165) is 5.56 Å². The van der Waals surface area contributed by atoms with E-state index in [1.54, 1.807) is 19.1 Å². The lowest BCUT2D eigenvalue weighted by molar-refractivity contribution is -0.126. The van der Waals surface area contributed by atoms with Crippen molar-refractivity contribution in [3.63, 3.8) is 0 Å². The van der Waals surface area contributed by atoms with Crippen molar-refractivity contribution in [3.05, 3.63) is 23.3 Å². The number of carbonyl (C=O) groups excluding carboxylic acids is 2. The van der Waals surface area contributed by atoms with Crippen molar-refractivity contribution < 1.29 is 14.7 Å². The molecule has 0 spiro atoms. The predicted octanol–water partition coefficient (Wildman–Crippen LogP) is 1.47. The van der Waals surface area contributed by atoms with Gasteiger partial charge in [-0.2, -0.15) is 0 Å². The molecular weight excluding hydrogens is 244 g/mol. The van der Waals surface area contributed by atoms with Gasteiger partial charge in [0.05, 0.1) is 5.92 Å². The fraction of sp³-hybridized carbons (Fsp3) is 0.429. The summed E-state index contributed by atoms with van der Waals surface area (Å²) in [5.41, 5.74) is 2.05. The number of amides is 2. The fourth-order valence-electron chi connectivity index (χ4n) is 2.16. The van der Waals surface area contributed by atoms with Gasteiger partial charge in [0.15, 0.2) is 0 Å². The van der Waals surface area contributed by atoms with E-state index in [9.17, 15) is 14.7 Å². The van der Waals surface area contributed by atoms with Crippen molar-refractivity contribution in [1.29, 1.82) is 0 Å². The number of carbonyl (C=O) groups is 2. The van der Waals surface area contributed by atoms with E-state index in [1.165, 1.54) is 0 Å². The molecule has 1 atom stereocenters. The van der Waals surface area contributed by atoms with Gasteiger partial charge in [-0.05, 0) is 31.9 Å². The van der Waals surface area contributed by atoms with Crippen molar-refractivity contribution in [2.45, 2.75) is 26.7 Å². The van der Waals surface area contributed by atoms with Crippen LogP contribution in [0.5, 0.6) is 5.75 Å². The molecule has 1 unspecified atom stereocenters. The van der Waals surface area contributed by atoms with Crippen LogP contribution >= 0.6 is 0 Å². The van der Waals surface area contributed by atoms with E-state index < -0.39 is 0 Å². The summed E-state index contributed by atoms with van der Waals surface area (Å²) in [5, 5.41) is 15.3. The highest BCUT2D eigenvalue weighted by Gasteiger charge is 2.24. The standard InChI is InChI=1S/C14H18N2O3/c1-8-3-5-11(9(2)13(8)18)16-14(19)10-4-6-12(17)15-7-10/h3,5,10,18H,4,6-7H2,1-2H3,(H,15,17)(H,16,19). The predicted molar refractivity (Wildman–Crippen MR) is 71.9 cm³/mol. The second-order valence-corrected chi connectivity index (χ2v) is 4.93. The Bertz CT molecular complexity index is 516. The highest BCUT2D eigenvalue weighted by Crippen LogP contribution is 2.28. The summed E-state index contributed by atoms with van der Waals surface area (Å²) in [7, 11) is 0. The van der Waals surface area contributed by atoms with Crippen LogP contribution in [0.2, 0.25) is 0 Å². The monoisotopic (exact) mass is 262 g/mol. The van der Waals surface area contributed by atoms with Gasteiger partial charge in [0.2, 0.25) is 11.8 Å². The Morgan fingerprint density at radius 1 is 1.42 bits per heavy atom. The summed E-state index contributed by atoms with van der Waals surface area (Å²) in [6.07, 6.45) is 0.949. The number of piperidine rings is 1. The van der Waals surface area contributed by atoms with Crippen LogP contribution in [0, 0.1) is 19.8 Å². The normalized spacial score (nSPS) is 18.8. The lowest BCUT2D eigenvalue weighted by atomic mass is 9.98. The molecule has 0 aromatic heterocycles. The summed E-state index contributed by atoms with van der Waals surface area (Å²) in [4.78, 5) is 23.1. The maximum Gasteiger partial charge on any atom is 0.229 e. The third kappa shape index (κ3) is 2.86. The van der Waals surface area contributed by atoms with Crippen LogP contribution in [-0.4, -0.2) is 23.5 Å². The molecule has 2 amide bonds. The highest BCUT2D eigenvalue weighted by molar-refractivity contribution is 5.95. The maximum atomic E-state index is 12.1. The molecule has 0 radical (unpaired) electrons. The zero-order valence-corrected chi connectivity index (χ0v) is 11.1. The number of rotatable bonds is 2. The number of aryl methyl sites for hydroxylation is 1. The number of phenolic OH excluding ortho intramolecular Hbond substituents is 1. The largest absolute Gasteiger partial charge is 0.507 e. The van der Waals surface area contributed by atoms with Gasteiger partial charge >= 0.3 is 0 Å². The second kappa shape index (κ2) is 5.30. The molecule has 0 saturated carbocycles. The van der Waals surface area contributed by atoms with Crippen LogP contribution in [0.4, 0.5) is 5.69 Å². The molecule has 1 aromatic rings. The molecule has 3 N–H and O–H groups in total. The van der Waals surface area contributed by atoms with Gasteiger partial charge in [-0.15, -0.1) is 0 Å². The average molecular weight is 262 g/mol. The van der Waals surface area contributed by atoms with E-state index in [1.807, 2.05) is 6.92 Å². The Kier molecular flexibility index (Phi) is 3.74. The number of anilines is 1. The Morgan fingerprint density at radius 2 is 2.16 bits per heavy atom. The zero-order chi connectivity index (χ0) is 14.0. The van der Waals surface area contributed by atoms with Gasteiger partial charge in [0.1, 0.15) is 5.75 Å². The van der Waals surface area contributed by atoms with Crippen molar-refractivity contribution in [2.24, 2.45) is 5.92 Å². The minimum Gasteiger partial charge on any atom is -0.507 e. The van der Waals surface area contributed by atoms with Gasteiger partial charge in [-0.1, -0.05) is 6.07 Å². The molecule has 1 heterocycles. The zero-order valence-electron chi connectivity index (χ0n) is 11.1. The molecule has 5 heteroatoms. The molecule has 5 nitrogen and oxygen atoms in total. The van der Waals surface area contributed by atoms with E-state index in [4.69, 9.17) is 0 Å². The first kappa shape index (κ1) is 13.4. The van der Waals surface area contributed by atoms with Gasteiger partial charge in [-0.3, -0.25) is 9.59 Å². The molecule has 1 aliphatic rings. The maximum absolute atomic E-state index is 12.1. The average Bonchev–Trinajstić information content (AvgIpc) is 2.40. The number of aromatic hydroxyl groups is 1. The summed E-state index contributed by atoms with van der Waals surface area (Å²) in [5.74, 6) is -0.130. The van der Waals surface area contributed by atoms with Crippen LogP contribution in [0.1, 0.15) is 24.0 Å². The Balaban J connectivity index is 2.07. The SMILES string of the molecule is Cc1ccc(NC(=O)C2CCC(=O)NC2)c(C)c1O. The smallest absolute Gasteiger partial charge is 0.229 e. The molecule has 2 rings (SSSR count). The van der Waals surface area contributed by atoms with Crippen molar-refractivity contribution in [1.82, 2.24) is 5.32 Å². The summed E-state index contributed by atoms with van der Waals surface area (Å²) >= 11 is 0. The summed E-state index contributed by atoms with van der Waals surface area (Å²) in [6, 6.07) is 3.55. The number of benzene rings is 1. The van der Waals surface area contributed by atoms with Crippen LogP contribution < -0.4 is 10.6 Å². The third-order valence-electron chi connectivity index (χ3n) is 3.53. The van der Waals surface area contributed by atoms with Gasteiger partial charge in [0.25, 0.3) is 0 Å². The molecular formula is C14H18N2O3. The van der Waals surface area contributed by atoms with Crippen molar-refractivity contribution in [3.8, 4) is 5.75 Å². The first-order valence-electron chi connectivity index (χ1n) is 6.35. The molecule has 102 valence electrons. The molecule has 1 aromatic carbocycles. The fourth-order valence-corrected chi connectivity index (χ4v) is 2.16. The lowest BCUT2D eigenvalue weighted by Crippen LogP contribution is -2.40. The van der Waals surface area contributed by atoms with Gasteiger partial charge < -0.3 is 15.7 Å². The van der Waals surface area contributed by atoms with Crippen LogP contribution in [0.3, 0.4) is 0 Å². The Morgan fingerprint density at radius 3 is 2.79 bits per heavy atom. The highest BCUT2D eigenvalue weighted by atomic mass is 16.3. The molecule has 19 heavy (non-hydrogen) atoms. The summed E-state index contributed by atoms with van der Waals surface area (Å²) in [6.45, 7) is 3.95. The quantitative estimate of drug-likeness (QED) is 0.755. The third-order valence-corrected chi connectivity index (χ3v) is 3.53. The summed E-state index contributed by atoms with van der Waals surface area (Å²) < 4.78 is 0. The lowest BCUT2D eigenvalue weighted by Gasteiger charge is -2.22. The van der Waals surface area contributed by atoms with E-state index >= 15 is 0 Å². The Hall–Kier alpha value is -2.04. The van der Waals surface area contributed by atoms with Crippen LogP contribution in [0.15, 0.2) is 12.1 Å². The van der Waals surface area contributed by atoms with Crippen LogP contribution in [-0.2, 0) is 9.59 Å². The van der Waals surface area contributed by atoms with E-state index in [-0.39, 0.29) is 23.5 Å². The van der Waals surface area contributed by atoms with E-state index in [2.05, 4.69) is 10.6 Å². The molecule has 0 bridgehead atoms. The minimum absolute atomic E-state index is 0.00629. The molecule has 1 aliphatic heterocycles. The second-order valence-electron chi connectivity index (χ2n) is 4.93. The first-order chi connectivity index (χ1) is 8.99. The number of hydrogen-bond donors (Lipinski definition) is 3. The van der Waals surface area contributed by atoms with Gasteiger partial charge in [-0.25, -0.2) is 0 Å². The van der Waals surface area contributed by atoms with Crippen molar-refractivity contribution in [2.75, 3.05) is 11.9 Å². The molecule has 1 fully saturated rings. The number of phenols is 1.